The van der Waals surface area contributed by atoms with Gasteiger partial charge in [-0.1, -0.05) is 6.07 Å². The lowest BCUT2D eigenvalue weighted by Gasteiger charge is -2.34. The summed E-state index contributed by atoms with van der Waals surface area (Å²) in [7, 11) is 2.18. The molecule has 0 bridgehead atoms. The molecule has 1 aliphatic heterocycles. The summed E-state index contributed by atoms with van der Waals surface area (Å²) in [5, 5.41) is 4.30. The van der Waals surface area contributed by atoms with Gasteiger partial charge in [0.25, 0.3) is 0 Å². The van der Waals surface area contributed by atoms with Crippen LogP contribution in [-0.2, 0) is 13.0 Å². The van der Waals surface area contributed by atoms with Crippen molar-refractivity contribution in [1.29, 1.82) is 0 Å². The zero-order valence-electron chi connectivity index (χ0n) is 13.7. The van der Waals surface area contributed by atoms with Crippen molar-refractivity contribution in [2.24, 2.45) is 4.99 Å². The molecule has 1 atom stereocenters. The summed E-state index contributed by atoms with van der Waals surface area (Å²) in [5.41, 5.74) is 5.03. The number of aryl methyl sites for hydroxylation is 2. The Balaban J connectivity index is 1.69. The molecule has 22 heavy (non-hydrogen) atoms. The molecule has 0 aliphatic carbocycles. The minimum absolute atomic E-state index is 0.606. The van der Waals surface area contributed by atoms with E-state index in [4.69, 9.17) is 4.99 Å². The van der Waals surface area contributed by atoms with Crippen LogP contribution in [0, 0.1) is 6.92 Å². The van der Waals surface area contributed by atoms with Crippen LogP contribution >= 0.6 is 0 Å². The molecule has 1 unspecified atom stereocenters. The van der Waals surface area contributed by atoms with Gasteiger partial charge in [0.1, 0.15) is 0 Å². The molecule has 0 N–H and O–H groups in total. The molecule has 1 aromatic carbocycles. The molecule has 116 valence electrons. The zero-order chi connectivity index (χ0) is 15.5. The molecule has 0 radical (unpaired) electrons. The molecule has 0 amide bonds. The van der Waals surface area contributed by atoms with Crippen LogP contribution in [0.4, 0.5) is 11.4 Å². The highest BCUT2D eigenvalue weighted by atomic mass is 15.3. The maximum atomic E-state index is 4.71. The minimum Gasteiger partial charge on any atom is -0.372 e. The molecule has 1 aromatic heterocycles. The Kier molecular flexibility index (Phi) is 4.27. The van der Waals surface area contributed by atoms with Gasteiger partial charge in [0.2, 0.25) is 0 Å². The number of hydrogen-bond acceptors (Lipinski definition) is 3. The van der Waals surface area contributed by atoms with Crippen molar-refractivity contribution >= 4 is 17.6 Å². The standard InChI is InChI=1S/C18H24N4/c1-14-12-20-22(13-14)11-5-10-19-17-6-4-7-18-16(17)9-8-15(2)21(18)3/h4,6-7,10,12-13,15H,5,8-9,11H2,1-3H3/b19-10+. The molecule has 0 saturated heterocycles. The number of nitrogens with zero attached hydrogens (tertiary/aromatic N) is 4. The van der Waals surface area contributed by atoms with E-state index in [9.17, 15) is 0 Å². The summed E-state index contributed by atoms with van der Waals surface area (Å²) in [5.74, 6) is 0. The summed E-state index contributed by atoms with van der Waals surface area (Å²) < 4.78 is 1.97. The van der Waals surface area contributed by atoms with Crippen LogP contribution in [0.25, 0.3) is 0 Å². The maximum Gasteiger partial charge on any atom is 0.0678 e. The second-order valence-corrected chi connectivity index (χ2v) is 6.15. The second-order valence-electron chi connectivity index (χ2n) is 6.15. The molecule has 0 saturated carbocycles. The van der Waals surface area contributed by atoms with Crippen LogP contribution in [0.1, 0.15) is 30.9 Å². The van der Waals surface area contributed by atoms with E-state index in [0.29, 0.717) is 6.04 Å². The van der Waals surface area contributed by atoms with E-state index in [-0.39, 0.29) is 0 Å². The first-order chi connectivity index (χ1) is 10.6. The first-order valence-electron chi connectivity index (χ1n) is 8.01. The van der Waals surface area contributed by atoms with Crippen LogP contribution in [0.3, 0.4) is 0 Å². The number of aromatic nitrogens is 2. The minimum atomic E-state index is 0.606. The van der Waals surface area contributed by atoms with Crippen molar-refractivity contribution in [2.45, 2.75) is 45.7 Å². The van der Waals surface area contributed by atoms with Gasteiger partial charge in [0.15, 0.2) is 0 Å². The van der Waals surface area contributed by atoms with Crippen molar-refractivity contribution in [3.05, 3.63) is 41.7 Å². The number of benzene rings is 1. The lowest BCUT2D eigenvalue weighted by molar-refractivity contribution is 0.599. The Morgan fingerprint density at radius 2 is 2.27 bits per heavy atom. The number of fused-ring (bicyclic) bond motifs is 1. The van der Waals surface area contributed by atoms with Crippen LogP contribution in [0.5, 0.6) is 0 Å². The number of anilines is 1. The molecular weight excluding hydrogens is 272 g/mol. The lowest BCUT2D eigenvalue weighted by Crippen LogP contribution is -2.33. The van der Waals surface area contributed by atoms with Crippen LogP contribution < -0.4 is 4.90 Å². The van der Waals surface area contributed by atoms with Crippen molar-refractivity contribution in [3.63, 3.8) is 0 Å². The van der Waals surface area contributed by atoms with E-state index in [1.807, 2.05) is 17.1 Å². The van der Waals surface area contributed by atoms with E-state index in [2.05, 4.69) is 55.3 Å². The maximum absolute atomic E-state index is 4.71. The molecule has 4 heteroatoms. The second kappa shape index (κ2) is 6.34. The monoisotopic (exact) mass is 296 g/mol. The van der Waals surface area contributed by atoms with E-state index < -0.39 is 0 Å². The van der Waals surface area contributed by atoms with Crippen LogP contribution in [0.2, 0.25) is 0 Å². The van der Waals surface area contributed by atoms with E-state index in [1.54, 1.807) is 0 Å². The van der Waals surface area contributed by atoms with Gasteiger partial charge in [-0.25, -0.2) is 0 Å². The molecule has 0 fully saturated rings. The first-order valence-corrected chi connectivity index (χ1v) is 8.01. The molecule has 2 aromatic rings. The summed E-state index contributed by atoms with van der Waals surface area (Å²) in [4.78, 5) is 7.07. The van der Waals surface area contributed by atoms with Gasteiger partial charge >= 0.3 is 0 Å². The third kappa shape index (κ3) is 3.06. The molecule has 2 heterocycles. The third-order valence-corrected chi connectivity index (χ3v) is 4.46. The highest BCUT2D eigenvalue weighted by molar-refractivity contribution is 5.71. The predicted octanol–water partition coefficient (Wildman–Crippen LogP) is 3.76. The zero-order valence-corrected chi connectivity index (χ0v) is 13.7. The smallest absolute Gasteiger partial charge is 0.0678 e. The van der Waals surface area contributed by atoms with Gasteiger partial charge in [-0.05, 0) is 44.4 Å². The summed E-state index contributed by atoms with van der Waals surface area (Å²) in [6, 6.07) is 7.04. The molecule has 4 nitrogen and oxygen atoms in total. The van der Waals surface area contributed by atoms with Crippen LogP contribution in [0.15, 0.2) is 35.6 Å². The predicted molar refractivity (Wildman–Crippen MR) is 92.4 cm³/mol. The number of rotatable bonds is 4. The lowest BCUT2D eigenvalue weighted by atomic mass is 9.96. The largest absolute Gasteiger partial charge is 0.372 e. The normalized spacial score (nSPS) is 18.0. The fraction of sp³-hybridized carbons (Fsp3) is 0.444. The Bertz CT molecular complexity index is 671. The van der Waals surface area contributed by atoms with Gasteiger partial charge in [-0.2, -0.15) is 5.10 Å². The van der Waals surface area contributed by atoms with Gasteiger partial charge in [0, 0.05) is 49.7 Å². The Hall–Kier alpha value is -2.10. The molecular formula is C18H24N4. The Labute approximate surface area is 132 Å². The van der Waals surface area contributed by atoms with Gasteiger partial charge in [-0.15, -0.1) is 0 Å². The summed E-state index contributed by atoms with van der Waals surface area (Å²) in [6.07, 6.45) is 9.19. The Morgan fingerprint density at radius 1 is 1.41 bits per heavy atom. The fourth-order valence-corrected chi connectivity index (χ4v) is 3.00. The molecule has 3 rings (SSSR count). The van der Waals surface area contributed by atoms with Gasteiger partial charge < -0.3 is 4.90 Å². The Morgan fingerprint density at radius 3 is 3.05 bits per heavy atom. The van der Waals surface area contributed by atoms with Crippen molar-refractivity contribution in [2.75, 3.05) is 11.9 Å². The van der Waals surface area contributed by atoms with E-state index >= 15 is 0 Å². The third-order valence-electron chi connectivity index (χ3n) is 4.46. The molecule has 1 aliphatic rings. The van der Waals surface area contributed by atoms with Crippen molar-refractivity contribution in [3.8, 4) is 0 Å². The average Bonchev–Trinajstić information content (AvgIpc) is 2.93. The van der Waals surface area contributed by atoms with Gasteiger partial charge in [-0.3, -0.25) is 9.67 Å². The highest BCUT2D eigenvalue weighted by Crippen LogP contribution is 2.35. The number of aliphatic imine (C=N–C) groups is 1. The summed E-state index contributed by atoms with van der Waals surface area (Å²) in [6.45, 7) is 5.22. The van der Waals surface area contributed by atoms with Crippen molar-refractivity contribution < 1.29 is 0 Å². The quantitative estimate of drug-likeness (QED) is 0.805. The van der Waals surface area contributed by atoms with Crippen LogP contribution in [-0.4, -0.2) is 29.1 Å². The van der Waals surface area contributed by atoms with E-state index in [1.165, 1.54) is 23.2 Å². The summed E-state index contributed by atoms with van der Waals surface area (Å²) >= 11 is 0. The SMILES string of the molecule is Cc1cnn(CC/C=N/c2cccc3c2CCC(C)N3C)c1. The highest BCUT2D eigenvalue weighted by Gasteiger charge is 2.21. The van der Waals surface area contributed by atoms with Gasteiger partial charge in [0.05, 0.1) is 11.9 Å². The number of hydrogen-bond donors (Lipinski definition) is 0. The first kappa shape index (κ1) is 14.8. The van der Waals surface area contributed by atoms with E-state index in [0.717, 1.165) is 25.1 Å². The fourth-order valence-electron chi connectivity index (χ4n) is 3.00. The average molecular weight is 296 g/mol. The van der Waals surface area contributed by atoms with Crippen molar-refractivity contribution in [1.82, 2.24) is 9.78 Å². The topological polar surface area (TPSA) is 33.4 Å². The molecule has 0 spiro atoms.